The molecule has 0 aromatic rings. The van der Waals surface area contributed by atoms with Gasteiger partial charge in [-0.15, -0.1) is 6.58 Å². The van der Waals surface area contributed by atoms with Crippen LogP contribution in [0.1, 0.15) is 84.0 Å². The maximum absolute atomic E-state index is 11.6. The number of rotatable bonds is 7. The van der Waals surface area contributed by atoms with E-state index in [9.17, 15) is 4.79 Å². The summed E-state index contributed by atoms with van der Waals surface area (Å²) in [5, 5.41) is 0. The zero-order chi connectivity index (χ0) is 15.8. The molecule has 0 bridgehead atoms. The Kier molecular flexibility index (Phi) is 7.48. The van der Waals surface area contributed by atoms with E-state index in [1.54, 1.807) is 6.08 Å². The molecule has 2 saturated carbocycles. The van der Waals surface area contributed by atoms with Gasteiger partial charge in [0.25, 0.3) is 0 Å². The molecule has 2 heteroatoms. The van der Waals surface area contributed by atoms with Gasteiger partial charge in [-0.3, -0.25) is 4.79 Å². The van der Waals surface area contributed by atoms with Crippen molar-refractivity contribution in [1.29, 1.82) is 0 Å². The monoisotopic (exact) mass is 306 g/mol. The molecule has 0 radical (unpaired) electrons. The quantitative estimate of drug-likeness (QED) is 0.448. The first-order valence-electron chi connectivity index (χ1n) is 9.47. The maximum atomic E-state index is 11.6. The molecule has 0 N–H and O–H groups in total. The molecule has 2 fully saturated rings. The number of hydrogen-bond donors (Lipinski definition) is 0. The average Bonchev–Trinajstić information content (AvgIpc) is 2.54. The van der Waals surface area contributed by atoms with E-state index in [0.29, 0.717) is 6.42 Å². The Balaban J connectivity index is 1.57. The van der Waals surface area contributed by atoms with E-state index in [2.05, 4.69) is 13.5 Å². The summed E-state index contributed by atoms with van der Waals surface area (Å²) in [4.78, 5) is 11.6. The molecule has 0 heterocycles. The first-order chi connectivity index (χ1) is 10.7. The van der Waals surface area contributed by atoms with E-state index in [0.717, 1.165) is 37.0 Å². The predicted octanol–water partition coefficient (Wildman–Crippen LogP) is 5.66. The second kappa shape index (κ2) is 9.37. The number of esters is 1. The highest BCUT2D eigenvalue weighted by Gasteiger charge is 2.25. The minimum atomic E-state index is -0.0420. The Morgan fingerprint density at radius 1 is 1.00 bits per heavy atom. The van der Waals surface area contributed by atoms with Crippen LogP contribution in [0.3, 0.4) is 0 Å². The first kappa shape index (κ1) is 17.6. The van der Waals surface area contributed by atoms with Gasteiger partial charge in [0, 0.05) is 6.42 Å². The highest BCUT2D eigenvalue weighted by molar-refractivity contribution is 5.69. The van der Waals surface area contributed by atoms with Crippen molar-refractivity contribution in [3.8, 4) is 0 Å². The molecule has 0 aromatic carbocycles. The summed E-state index contributed by atoms with van der Waals surface area (Å²) >= 11 is 0. The van der Waals surface area contributed by atoms with E-state index in [1.807, 2.05) is 0 Å². The summed E-state index contributed by atoms with van der Waals surface area (Å²) in [5.41, 5.74) is 0. The van der Waals surface area contributed by atoms with Crippen molar-refractivity contribution in [1.82, 2.24) is 0 Å². The van der Waals surface area contributed by atoms with Crippen LogP contribution in [0.4, 0.5) is 0 Å². The normalized spacial score (nSPS) is 32.4. The Labute approximate surface area is 136 Å². The molecule has 22 heavy (non-hydrogen) atoms. The van der Waals surface area contributed by atoms with Gasteiger partial charge in [0.15, 0.2) is 0 Å². The average molecular weight is 306 g/mol. The second-order valence-electron chi connectivity index (χ2n) is 7.66. The van der Waals surface area contributed by atoms with E-state index in [-0.39, 0.29) is 12.1 Å². The number of ether oxygens (including phenoxy) is 1. The van der Waals surface area contributed by atoms with Gasteiger partial charge in [0.05, 0.1) is 0 Å². The molecule has 126 valence electrons. The van der Waals surface area contributed by atoms with Crippen LogP contribution in [0.15, 0.2) is 12.7 Å². The zero-order valence-corrected chi connectivity index (χ0v) is 14.4. The molecule has 0 aliphatic heterocycles. The topological polar surface area (TPSA) is 26.3 Å². The molecule has 2 rings (SSSR count). The van der Waals surface area contributed by atoms with Crippen LogP contribution in [0.5, 0.6) is 0 Å². The zero-order valence-electron chi connectivity index (χ0n) is 14.4. The predicted molar refractivity (Wildman–Crippen MR) is 91.6 cm³/mol. The fourth-order valence-electron chi connectivity index (χ4n) is 4.09. The van der Waals surface area contributed by atoms with Crippen molar-refractivity contribution in [2.75, 3.05) is 0 Å². The molecule has 2 nitrogen and oxygen atoms in total. The van der Waals surface area contributed by atoms with Crippen molar-refractivity contribution in [2.45, 2.75) is 90.1 Å². The number of hydrogen-bond acceptors (Lipinski definition) is 2. The van der Waals surface area contributed by atoms with Crippen LogP contribution < -0.4 is 0 Å². The Morgan fingerprint density at radius 3 is 2.09 bits per heavy atom. The summed E-state index contributed by atoms with van der Waals surface area (Å²) in [6.07, 6.45) is 16.5. The summed E-state index contributed by atoms with van der Waals surface area (Å²) < 4.78 is 5.56. The molecule has 0 unspecified atom stereocenters. The Morgan fingerprint density at radius 2 is 1.55 bits per heavy atom. The van der Waals surface area contributed by atoms with Gasteiger partial charge in [-0.05, 0) is 49.9 Å². The number of allylic oxidation sites excluding steroid dienone is 1. The van der Waals surface area contributed by atoms with Gasteiger partial charge in [-0.2, -0.15) is 0 Å². The largest absolute Gasteiger partial charge is 0.462 e. The standard InChI is InChI=1S/C20H34O2/c1-3-4-5-20(21)22-19-14-12-18(13-15-19)11-10-17-8-6-16(2)7-9-17/h3,16-19H,1,4-15H2,2H3. The third-order valence-electron chi connectivity index (χ3n) is 5.76. The van der Waals surface area contributed by atoms with Crippen molar-refractivity contribution >= 4 is 5.97 Å². The highest BCUT2D eigenvalue weighted by atomic mass is 16.5. The number of carbonyl (C=O) groups is 1. The van der Waals surface area contributed by atoms with E-state index in [1.165, 1.54) is 51.4 Å². The van der Waals surface area contributed by atoms with Crippen LogP contribution in [0.2, 0.25) is 0 Å². The van der Waals surface area contributed by atoms with Crippen molar-refractivity contribution in [3.63, 3.8) is 0 Å². The minimum absolute atomic E-state index is 0.0420. The van der Waals surface area contributed by atoms with Crippen LogP contribution in [-0.4, -0.2) is 12.1 Å². The molecular formula is C20H34O2. The molecule has 0 amide bonds. The van der Waals surface area contributed by atoms with E-state index < -0.39 is 0 Å². The maximum Gasteiger partial charge on any atom is 0.306 e. The third-order valence-corrected chi connectivity index (χ3v) is 5.76. The summed E-state index contributed by atoms with van der Waals surface area (Å²) in [7, 11) is 0. The van der Waals surface area contributed by atoms with Gasteiger partial charge in [0.2, 0.25) is 0 Å². The van der Waals surface area contributed by atoms with Crippen molar-refractivity contribution in [3.05, 3.63) is 12.7 Å². The summed E-state index contributed by atoms with van der Waals surface area (Å²) in [5.74, 6) is 2.79. The SMILES string of the molecule is C=CCCC(=O)OC1CCC(CCC2CCC(C)CC2)CC1. The van der Waals surface area contributed by atoms with Gasteiger partial charge in [0.1, 0.15) is 6.10 Å². The summed E-state index contributed by atoms with van der Waals surface area (Å²) in [6, 6.07) is 0. The Hall–Kier alpha value is -0.790. The third kappa shape index (κ3) is 6.14. The second-order valence-corrected chi connectivity index (χ2v) is 7.66. The molecule has 0 atom stereocenters. The molecule has 0 saturated heterocycles. The Bertz CT molecular complexity index is 334. The molecular weight excluding hydrogens is 272 g/mol. The highest BCUT2D eigenvalue weighted by Crippen LogP contribution is 2.35. The van der Waals surface area contributed by atoms with Gasteiger partial charge in [-0.25, -0.2) is 0 Å². The molecule has 0 spiro atoms. The summed E-state index contributed by atoms with van der Waals surface area (Å²) in [6.45, 7) is 6.04. The van der Waals surface area contributed by atoms with Crippen molar-refractivity contribution in [2.24, 2.45) is 17.8 Å². The van der Waals surface area contributed by atoms with Crippen molar-refractivity contribution < 1.29 is 9.53 Å². The number of carbonyl (C=O) groups excluding carboxylic acids is 1. The van der Waals surface area contributed by atoms with Crippen LogP contribution in [0, 0.1) is 17.8 Å². The first-order valence-corrected chi connectivity index (χ1v) is 9.47. The smallest absolute Gasteiger partial charge is 0.306 e. The lowest BCUT2D eigenvalue weighted by Gasteiger charge is -2.31. The lowest BCUT2D eigenvalue weighted by molar-refractivity contribution is -0.150. The van der Waals surface area contributed by atoms with E-state index >= 15 is 0 Å². The fourth-order valence-corrected chi connectivity index (χ4v) is 4.09. The fraction of sp³-hybridized carbons (Fsp3) is 0.850. The molecule has 0 aromatic heterocycles. The van der Waals surface area contributed by atoms with E-state index in [4.69, 9.17) is 4.74 Å². The van der Waals surface area contributed by atoms with Gasteiger partial charge < -0.3 is 4.74 Å². The van der Waals surface area contributed by atoms with Crippen LogP contribution in [0.25, 0.3) is 0 Å². The van der Waals surface area contributed by atoms with Crippen LogP contribution in [-0.2, 0) is 9.53 Å². The molecule has 2 aliphatic carbocycles. The van der Waals surface area contributed by atoms with Gasteiger partial charge in [-0.1, -0.05) is 51.5 Å². The lowest BCUT2D eigenvalue weighted by Crippen LogP contribution is -2.25. The minimum Gasteiger partial charge on any atom is -0.462 e. The van der Waals surface area contributed by atoms with Gasteiger partial charge >= 0.3 is 5.97 Å². The molecule has 2 aliphatic rings. The lowest BCUT2D eigenvalue weighted by atomic mass is 9.77. The van der Waals surface area contributed by atoms with Crippen LogP contribution >= 0.6 is 0 Å².